The molecule has 0 bridgehead atoms. The lowest BCUT2D eigenvalue weighted by molar-refractivity contribution is -0.133. The Hall–Kier alpha value is -1.09. The van der Waals surface area contributed by atoms with E-state index in [1.54, 1.807) is 6.92 Å². The average Bonchev–Trinajstić information content (AvgIpc) is 2.48. The van der Waals surface area contributed by atoms with Crippen LogP contribution in [0.25, 0.3) is 0 Å². The Kier molecular flexibility index (Phi) is 5.60. The normalized spacial score (nSPS) is 26.1. The summed E-state index contributed by atoms with van der Waals surface area (Å²) in [5, 5.41) is 18.3. The Morgan fingerprint density at radius 1 is 1.56 bits per heavy atom. The topological polar surface area (TPSA) is 57.5 Å². The Labute approximate surface area is 109 Å². The van der Waals surface area contributed by atoms with Crippen molar-refractivity contribution in [1.82, 2.24) is 0 Å². The van der Waals surface area contributed by atoms with Crippen LogP contribution in [-0.4, -0.2) is 22.3 Å². The van der Waals surface area contributed by atoms with E-state index in [4.69, 9.17) is 5.11 Å². The molecule has 2 N–H and O–H groups in total. The fourth-order valence-corrected chi connectivity index (χ4v) is 2.46. The van der Waals surface area contributed by atoms with Crippen LogP contribution in [0.15, 0.2) is 23.8 Å². The molecule has 3 heteroatoms. The number of aliphatic hydroxyl groups excluding tert-OH is 1. The number of aliphatic carboxylic acids is 1. The summed E-state index contributed by atoms with van der Waals surface area (Å²) in [4.78, 5) is 10.9. The number of allylic oxidation sites excluding steroid dienone is 2. The van der Waals surface area contributed by atoms with Crippen LogP contribution in [0.3, 0.4) is 0 Å². The predicted molar refractivity (Wildman–Crippen MR) is 72.3 cm³/mol. The number of rotatable bonds is 5. The number of hydrogen-bond donors (Lipinski definition) is 2. The van der Waals surface area contributed by atoms with Crippen LogP contribution >= 0.6 is 0 Å². The first kappa shape index (κ1) is 15.0. The number of hydrogen-bond acceptors (Lipinski definition) is 2. The van der Waals surface area contributed by atoms with Gasteiger partial charge in [0, 0.05) is 5.57 Å². The second-order valence-electron chi connectivity index (χ2n) is 5.41. The summed E-state index contributed by atoms with van der Waals surface area (Å²) in [6.45, 7) is 7.66. The largest absolute Gasteiger partial charge is 0.478 e. The molecule has 0 aliphatic heterocycles. The zero-order valence-electron chi connectivity index (χ0n) is 11.4. The van der Waals surface area contributed by atoms with Gasteiger partial charge in [0.05, 0.1) is 6.10 Å². The molecule has 0 saturated heterocycles. The molecule has 0 aromatic carbocycles. The number of carboxylic acids is 1. The summed E-state index contributed by atoms with van der Waals surface area (Å²) < 4.78 is 0. The molecule has 3 unspecified atom stereocenters. The van der Waals surface area contributed by atoms with Gasteiger partial charge in [-0.05, 0) is 50.9 Å². The van der Waals surface area contributed by atoms with E-state index < -0.39 is 5.97 Å². The number of carboxylic acid groups (broad SMARTS) is 1. The molecule has 0 aromatic rings. The Morgan fingerprint density at radius 2 is 2.22 bits per heavy atom. The van der Waals surface area contributed by atoms with Crippen LogP contribution in [0.5, 0.6) is 0 Å². The molecule has 18 heavy (non-hydrogen) atoms. The smallest absolute Gasteiger partial charge is 0.331 e. The molecular weight excluding hydrogens is 228 g/mol. The van der Waals surface area contributed by atoms with Gasteiger partial charge >= 0.3 is 5.97 Å². The van der Waals surface area contributed by atoms with Gasteiger partial charge in [0.2, 0.25) is 0 Å². The summed E-state index contributed by atoms with van der Waals surface area (Å²) in [6.07, 6.45) is 6.24. The van der Waals surface area contributed by atoms with Gasteiger partial charge in [-0.25, -0.2) is 4.79 Å². The van der Waals surface area contributed by atoms with Gasteiger partial charge < -0.3 is 10.2 Å². The highest BCUT2D eigenvalue weighted by Crippen LogP contribution is 2.32. The quantitative estimate of drug-likeness (QED) is 0.583. The standard InChI is InChI=1S/C15H24O3/c1-10-4-6-14(12(3)15(17)18)9-8-13(10)7-5-11(2)16/h8,10-11,14,16H,3-7,9H2,1-2H3,(H,17,18). The molecule has 3 atom stereocenters. The van der Waals surface area contributed by atoms with Crippen molar-refractivity contribution in [1.29, 1.82) is 0 Å². The summed E-state index contributed by atoms with van der Waals surface area (Å²) in [5.74, 6) is -0.335. The van der Waals surface area contributed by atoms with Gasteiger partial charge in [0.25, 0.3) is 0 Å². The highest BCUT2D eigenvalue weighted by atomic mass is 16.4. The van der Waals surface area contributed by atoms with Crippen molar-refractivity contribution in [3.05, 3.63) is 23.8 Å². The van der Waals surface area contributed by atoms with Crippen molar-refractivity contribution in [3.8, 4) is 0 Å². The van der Waals surface area contributed by atoms with Crippen LogP contribution in [-0.2, 0) is 4.79 Å². The van der Waals surface area contributed by atoms with Crippen molar-refractivity contribution < 1.29 is 15.0 Å². The minimum absolute atomic E-state index is 0.0639. The lowest BCUT2D eigenvalue weighted by atomic mass is 9.90. The fraction of sp³-hybridized carbons (Fsp3) is 0.667. The SMILES string of the molecule is C=C(C(=O)O)C1CC=C(CCC(C)O)C(C)CC1. The molecule has 0 amide bonds. The van der Waals surface area contributed by atoms with E-state index in [-0.39, 0.29) is 12.0 Å². The van der Waals surface area contributed by atoms with Crippen molar-refractivity contribution in [2.45, 2.75) is 52.1 Å². The molecular formula is C15H24O3. The van der Waals surface area contributed by atoms with Crippen LogP contribution in [0.2, 0.25) is 0 Å². The molecule has 0 aromatic heterocycles. The zero-order chi connectivity index (χ0) is 13.7. The van der Waals surface area contributed by atoms with E-state index in [9.17, 15) is 9.90 Å². The van der Waals surface area contributed by atoms with Gasteiger partial charge in [0.15, 0.2) is 0 Å². The highest BCUT2D eigenvalue weighted by molar-refractivity contribution is 5.86. The first-order valence-corrected chi connectivity index (χ1v) is 6.71. The maximum absolute atomic E-state index is 10.9. The summed E-state index contributed by atoms with van der Waals surface area (Å²) >= 11 is 0. The van der Waals surface area contributed by atoms with Gasteiger partial charge in [-0.2, -0.15) is 0 Å². The molecule has 0 radical (unpaired) electrons. The van der Waals surface area contributed by atoms with E-state index in [0.717, 1.165) is 32.1 Å². The summed E-state index contributed by atoms with van der Waals surface area (Å²) in [7, 11) is 0. The third-order valence-electron chi connectivity index (χ3n) is 3.86. The summed E-state index contributed by atoms with van der Waals surface area (Å²) in [5.41, 5.74) is 1.69. The maximum Gasteiger partial charge on any atom is 0.331 e. The molecule has 0 heterocycles. The minimum Gasteiger partial charge on any atom is -0.478 e. The van der Waals surface area contributed by atoms with Crippen LogP contribution in [0, 0.1) is 11.8 Å². The van der Waals surface area contributed by atoms with E-state index in [1.165, 1.54) is 5.57 Å². The molecule has 0 saturated carbocycles. The average molecular weight is 252 g/mol. The lowest BCUT2D eigenvalue weighted by Crippen LogP contribution is -2.11. The zero-order valence-corrected chi connectivity index (χ0v) is 11.4. The molecule has 1 aliphatic carbocycles. The molecule has 0 spiro atoms. The van der Waals surface area contributed by atoms with Crippen molar-refractivity contribution >= 4 is 5.97 Å². The van der Waals surface area contributed by atoms with Crippen molar-refractivity contribution in [3.63, 3.8) is 0 Å². The monoisotopic (exact) mass is 252 g/mol. The van der Waals surface area contributed by atoms with Crippen LogP contribution < -0.4 is 0 Å². The number of carbonyl (C=O) groups is 1. The fourth-order valence-electron chi connectivity index (χ4n) is 2.46. The first-order valence-electron chi connectivity index (χ1n) is 6.71. The van der Waals surface area contributed by atoms with Gasteiger partial charge in [-0.15, -0.1) is 0 Å². The second kappa shape index (κ2) is 6.74. The van der Waals surface area contributed by atoms with E-state index in [1.807, 2.05) is 0 Å². The Bertz CT molecular complexity index is 342. The summed E-state index contributed by atoms with van der Waals surface area (Å²) in [6, 6.07) is 0. The highest BCUT2D eigenvalue weighted by Gasteiger charge is 2.22. The minimum atomic E-state index is -0.881. The second-order valence-corrected chi connectivity index (χ2v) is 5.41. The Balaban J connectivity index is 2.64. The molecule has 0 fully saturated rings. The van der Waals surface area contributed by atoms with Crippen LogP contribution in [0.4, 0.5) is 0 Å². The van der Waals surface area contributed by atoms with Gasteiger partial charge in [-0.3, -0.25) is 0 Å². The van der Waals surface area contributed by atoms with Gasteiger partial charge in [0.1, 0.15) is 0 Å². The first-order chi connectivity index (χ1) is 8.41. The van der Waals surface area contributed by atoms with Crippen LogP contribution in [0.1, 0.15) is 46.0 Å². The van der Waals surface area contributed by atoms with E-state index in [2.05, 4.69) is 19.6 Å². The molecule has 3 nitrogen and oxygen atoms in total. The maximum atomic E-state index is 10.9. The molecule has 1 rings (SSSR count). The Morgan fingerprint density at radius 3 is 2.78 bits per heavy atom. The van der Waals surface area contributed by atoms with E-state index in [0.29, 0.717) is 11.5 Å². The third kappa shape index (κ3) is 4.30. The predicted octanol–water partition coefficient (Wildman–Crippen LogP) is 3.15. The molecule has 102 valence electrons. The third-order valence-corrected chi connectivity index (χ3v) is 3.86. The van der Waals surface area contributed by atoms with E-state index >= 15 is 0 Å². The number of aliphatic hydroxyl groups is 1. The molecule has 1 aliphatic rings. The van der Waals surface area contributed by atoms with Crippen molar-refractivity contribution in [2.24, 2.45) is 11.8 Å². The van der Waals surface area contributed by atoms with Crippen molar-refractivity contribution in [2.75, 3.05) is 0 Å². The lowest BCUT2D eigenvalue weighted by Gasteiger charge is -2.15. The van der Waals surface area contributed by atoms with Gasteiger partial charge in [-0.1, -0.05) is 25.2 Å².